The molecule has 3 atom stereocenters. The first kappa shape index (κ1) is 21.5. The number of alkyl carbamates (subject to hydrolysis) is 1. The van der Waals surface area contributed by atoms with Gasteiger partial charge in [0.2, 0.25) is 0 Å². The molecule has 1 saturated carbocycles. The van der Waals surface area contributed by atoms with Crippen LogP contribution in [0.1, 0.15) is 72.6 Å². The van der Waals surface area contributed by atoms with Crippen molar-refractivity contribution in [2.75, 3.05) is 6.61 Å². The molecule has 0 aromatic rings. The smallest absolute Gasteiger partial charge is 0.408 e. The highest BCUT2D eigenvalue weighted by atomic mass is 16.6. The van der Waals surface area contributed by atoms with Crippen molar-refractivity contribution in [3.63, 3.8) is 0 Å². The van der Waals surface area contributed by atoms with Gasteiger partial charge in [0, 0.05) is 6.42 Å². The standard InChI is InChI=1S/C20H33NO6/c1-5-25-17(22)14-12-16(26-18(14)23)15(11-13-9-7-6-8-10-13)21-19(24)27-20(2,3)4/h13-16H,5-12H2,1-4H3,(H,21,24)/t14-,15+,16+/m1/s1. The summed E-state index contributed by atoms with van der Waals surface area (Å²) in [5.41, 5.74) is -0.612. The van der Waals surface area contributed by atoms with E-state index in [2.05, 4.69) is 5.32 Å². The Bertz CT molecular complexity index is 535. The van der Waals surface area contributed by atoms with Crippen LogP contribution in [0.2, 0.25) is 0 Å². The zero-order valence-electron chi connectivity index (χ0n) is 16.9. The van der Waals surface area contributed by atoms with Gasteiger partial charge in [-0.05, 0) is 40.0 Å². The SMILES string of the molecule is CCOC(=O)[C@H]1C[C@@H]([C@H](CC2CCCCC2)NC(=O)OC(C)(C)C)OC1=O. The molecule has 2 fully saturated rings. The number of cyclic esters (lactones) is 1. The Morgan fingerprint density at radius 2 is 1.89 bits per heavy atom. The molecule has 0 unspecified atom stereocenters. The van der Waals surface area contributed by atoms with Gasteiger partial charge in [-0.3, -0.25) is 9.59 Å². The second-order valence-electron chi connectivity index (χ2n) is 8.51. The summed E-state index contributed by atoms with van der Waals surface area (Å²) in [6.07, 6.45) is 5.68. The first-order valence-corrected chi connectivity index (χ1v) is 10.1. The first-order chi connectivity index (χ1) is 12.7. The molecule has 0 aromatic heterocycles. The molecule has 0 bridgehead atoms. The van der Waals surface area contributed by atoms with Gasteiger partial charge in [-0.2, -0.15) is 0 Å². The summed E-state index contributed by atoms with van der Waals surface area (Å²) < 4.78 is 15.8. The number of nitrogens with one attached hydrogen (secondary N) is 1. The summed E-state index contributed by atoms with van der Waals surface area (Å²) in [5.74, 6) is -1.57. The average Bonchev–Trinajstić information content (AvgIpc) is 2.95. The Morgan fingerprint density at radius 1 is 1.22 bits per heavy atom. The van der Waals surface area contributed by atoms with Crippen LogP contribution in [0, 0.1) is 11.8 Å². The van der Waals surface area contributed by atoms with E-state index in [4.69, 9.17) is 14.2 Å². The number of hydrogen-bond acceptors (Lipinski definition) is 6. The lowest BCUT2D eigenvalue weighted by molar-refractivity contribution is -0.156. The second-order valence-corrected chi connectivity index (χ2v) is 8.51. The zero-order chi connectivity index (χ0) is 20.0. The van der Waals surface area contributed by atoms with Crippen molar-refractivity contribution in [1.29, 1.82) is 0 Å². The molecule has 27 heavy (non-hydrogen) atoms. The van der Waals surface area contributed by atoms with Gasteiger partial charge < -0.3 is 19.5 Å². The van der Waals surface area contributed by atoms with Crippen LogP contribution in [0.5, 0.6) is 0 Å². The Morgan fingerprint density at radius 3 is 2.48 bits per heavy atom. The highest BCUT2D eigenvalue weighted by molar-refractivity contribution is 5.96. The zero-order valence-corrected chi connectivity index (χ0v) is 16.9. The van der Waals surface area contributed by atoms with Crippen molar-refractivity contribution in [3.8, 4) is 0 Å². The first-order valence-electron chi connectivity index (χ1n) is 10.1. The lowest BCUT2D eigenvalue weighted by atomic mass is 9.83. The van der Waals surface area contributed by atoms with Crippen molar-refractivity contribution in [2.24, 2.45) is 11.8 Å². The summed E-state index contributed by atoms with van der Waals surface area (Å²) >= 11 is 0. The van der Waals surface area contributed by atoms with Crippen LogP contribution >= 0.6 is 0 Å². The van der Waals surface area contributed by atoms with Gasteiger partial charge in [-0.25, -0.2) is 4.79 Å². The molecule has 1 aliphatic heterocycles. The monoisotopic (exact) mass is 383 g/mol. The van der Waals surface area contributed by atoms with Crippen LogP contribution in [-0.4, -0.2) is 42.4 Å². The fourth-order valence-corrected chi connectivity index (χ4v) is 3.83. The Hall–Kier alpha value is -1.79. The molecule has 2 aliphatic rings. The molecule has 0 aromatic carbocycles. The minimum Gasteiger partial charge on any atom is -0.465 e. The summed E-state index contributed by atoms with van der Waals surface area (Å²) in [6.45, 7) is 7.32. The molecule has 7 heteroatoms. The predicted molar refractivity (Wildman–Crippen MR) is 99.0 cm³/mol. The molecule has 154 valence electrons. The van der Waals surface area contributed by atoms with Crippen LogP contribution in [0.15, 0.2) is 0 Å². The van der Waals surface area contributed by atoms with Crippen molar-refractivity contribution in [2.45, 2.75) is 90.4 Å². The van der Waals surface area contributed by atoms with E-state index >= 15 is 0 Å². The van der Waals surface area contributed by atoms with E-state index in [0.29, 0.717) is 12.3 Å². The van der Waals surface area contributed by atoms with E-state index in [1.807, 2.05) is 0 Å². The van der Waals surface area contributed by atoms with Crippen LogP contribution in [0.4, 0.5) is 4.79 Å². The van der Waals surface area contributed by atoms with Crippen LogP contribution in [0.3, 0.4) is 0 Å². The van der Waals surface area contributed by atoms with Crippen molar-refractivity contribution < 1.29 is 28.6 Å². The number of esters is 2. The second kappa shape index (κ2) is 9.42. The van der Waals surface area contributed by atoms with Gasteiger partial charge in [0.15, 0.2) is 5.92 Å². The highest BCUT2D eigenvalue weighted by Crippen LogP contribution is 2.32. The third-order valence-corrected chi connectivity index (χ3v) is 5.05. The third kappa shape index (κ3) is 6.70. The van der Waals surface area contributed by atoms with Crippen molar-refractivity contribution in [1.82, 2.24) is 5.32 Å². The minimum atomic E-state index is -0.913. The van der Waals surface area contributed by atoms with E-state index in [1.54, 1.807) is 27.7 Å². The molecule has 1 aliphatic carbocycles. The molecular weight excluding hydrogens is 350 g/mol. The molecule has 1 N–H and O–H groups in total. The minimum absolute atomic E-state index is 0.217. The predicted octanol–water partition coefficient (Wildman–Crippen LogP) is 3.34. The van der Waals surface area contributed by atoms with Crippen LogP contribution < -0.4 is 5.32 Å². The van der Waals surface area contributed by atoms with E-state index in [1.165, 1.54) is 19.3 Å². The number of rotatable bonds is 6. The Kier molecular flexibility index (Phi) is 7.50. The molecule has 0 radical (unpaired) electrons. The quantitative estimate of drug-likeness (QED) is 0.430. The summed E-state index contributed by atoms with van der Waals surface area (Å²) in [7, 11) is 0. The van der Waals surface area contributed by atoms with E-state index in [0.717, 1.165) is 12.8 Å². The Balaban J connectivity index is 2.05. The molecule has 7 nitrogen and oxygen atoms in total. The molecule has 0 spiro atoms. The lowest BCUT2D eigenvalue weighted by Gasteiger charge is -2.30. The van der Waals surface area contributed by atoms with Gasteiger partial charge >= 0.3 is 18.0 Å². The molecular formula is C20H33NO6. The van der Waals surface area contributed by atoms with E-state index < -0.39 is 35.7 Å². The van der Waals surface area contributed by atoms with E-state index in [9.17, 15) is 14.4 Å². The van der Waals surface area contributed by atoms with Gasteiger partial charge in [0.25, 0.3) is 0 Å². The van der Waals surface area contributed by atoms with Gasteiger partial charge in [-0.15, -0.1) is 0 Å². The summed E-state index contributed by atoms with van der Waals surface area (Å²) in [4.78, 5) is 36.4. The van der Waals surface area contributed by atoms with Crippen LogP contribution in [0.25, 0.3) is 0 Å². The molecule has 1 amide bonds. The molecule has 1 saturated heterocycles. The van der Waals surface area contributed by atoms with Crippen molar-refractivity contribution in [3.05, 3.63) is 0 Å². The molecule has 1 heterocycles. The largest absolute Gasteiger partial charge is 0.465 e. The number of carbonyl (C=O) groups excluding carboxylic acids is 3. The van der Waals surface area contributed by atoms with Crippen LogP contribution in [-0.2, 0) is 23.8 Å². The fraction of sp³-hybridized carbons (Fsp3) is 0.850. The average molecular weight is 383 g/mol. The highest BCUT2D eigenvalue weighted by Gasteiger charge is 2.45. The van der Waals surface area contributed by atoms with Gasteiger partial charge in [-0.1, -0.05) is 32.1 Å². The Labute approximate surface area is 161 Å². The van der Waals surface area contributed by atoms with Crippen molar-refractivity contribution >= 4 is 18.0 Å². The number of hydrogen-bond donors (Lipinski definition) is 1. The summed E-state index contributed by atoms with van der Waals surface area (Å²) in [5, 5.41) is 2.88. The van der Waals surface area contributed by atoms with Gasteiger partial charge in [0.1, 0.15) is 11.7 Å². The number of amides is 1. The summed E-state index contributed by atoms with van der Waals surface area (Å²) in [6, 6.07) is -0.369. The third-order valence-electron chi connectivity index (χ3n) is 5.05. The normalized spacial score (nSPS) is 24.8. The molecule has 2 rings (SSSR count). The van der Waals surface area contributed by atoms with E-state index in [-0.39, 0.29) is 19.1 Å². The number of carbonyl (C=O) groups is 3. The topological polar surface area (TPSA) is 90.9 Å². The number of ether oxygens (including phenoxy) is 3. The maximum absolute atomic E-state index is 12.3. The maximum atomic E-state index is 12.3. The fourth-order valence-electron chi connectivity index (χ4n) is 3.83. The van der Waals surface area contributed by atoms with Gasteiger partial charge in [0.05, 0.1) is 12.6 Å². The lowest BCUT2D eigenvalue weighted by Crippen LogP contribution is -2.46. The maximum Gasteiger partial charge on any atom is 0.408 e.